The van der Waals surface area contributed by atoms with Gasteiger partial charge in [0.1, 0.15) is 5.83 Å². The standard InChI is InChI=1S/C16H22FN3O/c1-13(19-11-15(17)10-14(2)21-4)7-9-20(3)16-6-5-8-18-12-16/h5-14H,1-4H3/b9-7+,15-10+,19-11-. The molecule has 0 saturated heterocycles. The molecule has 0 aliphatic heterocycles. The molecule has 0 spiro atoms. The summed E-state index contributed by atoms with van der Waals surface area (Å²) in [5, 5.41) is 0. The number of aromatic nitrogens is 1. The predicted molar refractivity (Wildman–Crippen MR) is 85.4 cm³/mol. The van der Waals surface area contributed by atoms with Gasteiger partial charge in [-0.2, -0.15) is 0 Å². The van der Waals surface area contributed by atoms with E-state index in [0.29, 0.717) is 0 Å². The number of anilines is 1. The Morgan fingerprint density at radius 3 is 2.86 bits per heavy atom. The van der Waals surface area contributed by atoms with E-state index in [1.54, 1.807) is 19.3 Å². The highest BCUT2D eigenvalue weighted by Crippen LogP contribution is 2.10. The van der Waals surface area contributed by atoms with Gasteiger partial charge >= 0.3 is 0 Å². The van der Waals surface area contributed by atoms with Crippen molar-refractivity contribution in [2.24, 2.45) is 4.99 Å². The summed E-state index contributed by atoms with van der Waals surface area (Å²) in [6.45, 7) is 3.65. The average molecular weight is 291 g/mol. The number of hydrogen-bond donors (Lipinski definition) is 0. The van der Waals surface area contributed by atoms with Crippen LogP contribution in [0, 0.1) is 0 Å². The second-order valence-electron chi connectivity index (χ2n) is 4.67. The van der Waals surface area contributed by atoms with Crippen LogP contribution < -0.4 is 4.90 Å². The molecule has 1 aromatic rings. The first-order chi connectivity index (χ1) is 10.0. The minimum Gasteiger partial charge on any atom is -0.378 e. The second kappa shape index (κ2) is 9.02. The summed E-state index contributed by atoms with van der Waals surface area (Å²) < 4.78 is 18.4. The van der Waals surface area contributed by atoms with Gasteiger partial charge in [-0.1, -0.05) is 0 Å². The van der Waals surface area contributed by atoms with Crippen LogP contribution in [-0.4, -0.2) is 37.5 Å². The first-order valence-electron chi connectivity index (χ1n) is 6.77. The maximum absolute atomic E-state index is 13.5. The first kappa shape index (κ1) is 17.0. The average Bonchev–Trinajstić information content (AvgIpc) is 2.51. The zero-order chi connectivity index (χ0) is 15.7. The maximum Gasteiger partial charge on any atom is 0.139 e. The highest BCUT2D eigenvalue weighted by molar-refractivity contribution is 5.75. The largest absolute Gasteiger partial charge is 0.378 e. The summed E-state index contributed by atoms with van der Waals surface area (Å²) in [4.78, 5) is 10.1. The molecule has 0 N–H and O–H groups in total. The van der Waals surface area contributed by atoms with Gasteiger partial charge in [0, 0.05) is 26.6 Å². The van der Waals surface area contributed by atoms with Gasteiger partial charge in [-0.05, 0) is 38.1 Å². The van der Waals surface area contributed by atoms with Crippen molar-refractivity contribution >= 4 is 11.9 Å². The molecular formula is C16H22FN3O. The van der Waals surface area contributed by atoms with Gasteiger partial charge in [0.05, 0.1) is 30.2 Å². The van der Waals surface area contributed by atoms with Crippen molar-refractivity contribution in [2.45, 2.75) is 26.0 Å². The molecule has 0 aliphatic carbocycles. The topological polar surface area (TPSA) is 37.7 Å². The van der Waals surface area contributed by atoms with Gasteiger partial charge < -0.3 is 9.64 Å². The van der Waals surface area contributed by atoms with Crippen molar-refractivity contribution in [3.63, 3.8) is 0 Å². The van der Waals surface area contributed by atoms with Crippen molar-refractivity contribution in [1.29, 1.82) is 0 Å². The summed E-state index contributed by atoms with van der Waals surface area (Å²) >= 11 is 0. The van der Waals surface area contributed by atoms with Gasteiger partial charge in [-0.3, -0.25) is 9.98 Å². The minimum atomic E-state index is -0.398. The Balaban J connectivity index is 2.55. The fourth-order valence-corrected chi connectivity index (χ4v) is 1.48. The summed E-state index contributed by atoms with van der Waals surface area (Å²) in [5.74, 6) is -0.398. The monoisotopic (exact) mass is 291 g/mol. The molecule has 21 heavy (non-hydrogen) atoms. The number of ether oxygens (including phenoxy) is 1. The predicted octanol–water partition coefficient (Wildman–Crippen LogP) is 3.38. The Morgan fingerprint density at radius 2 is 2.24 bits per heavy atom. The molecule has 1 aromatic heterocycles. The smallest absolute Gasteiger partial charge is 0.139 e. The molecule has 0 aromatic carbocycles. The lowest BCUT2D eigenvalue weighted by molar-refractivity contribution is 0.155. The molecule has 1 heterocycles. The third-order valence-electron chi connectivity index (χ3n) is 2.84. The molecule has 114 valence electrons. The van der Waals surface area contributed by atoms with E-state index in [2.05, 4.69) is 9.98 Å². The van der Waals surface area contributed by atoms with Gasteiger partial charge in [0.2, 0.25) is 0 Å². The summed E-state index contributed by atoms with van der Waals surface area (Å²) in [5.41, 5.74) is 0.977. The molecule has 2 unspecified atom stereocenters. The molecule has 0 fully saturated rings. The lowest BCUT2D eigenvalue weighted by Gasteiger charge is -2.13. The van der Waals surface area contributed by atoms with Crippen LogP contribution >= 0.6 is 0 Å². The van der Waals surface area contributed by atoms with Crippen molar-refractivity contribution in [3.05, 3.63) is 48.7 Å². The highest BCUT2D eigenvalue weighted by atomic mass is 19.1. The number of hydrogen-bond acceptors (Lipinski definition) is 4. The molecule has 2 atom stereocenters. The molecular weight excluding hydrogens is 269 g/mol. The van der Waals surface area contributed by atoms with E-state index in [0.717, 1.165) is 5.69 Å². The van der Waals surface area contributed by atoms with Gasteiger partial charge in [0.25, 0.3) is 0 Å². The lowest BCUT2D eigenvalue weighted by atomic mass is 10.3. The molecule has 0 amide bonds. The van der Waals surface area contributed by atoms with Crippen LogP contribution in [0.1, 0.15) is 13.8 Å². The van der Waals surface area contributed by atoms with E-state index in [-0.39, 0.29) is 12.1 Å². The second-order valence-corrected chi connectivity index (χ2v) is 4.67. The third-order valence-corrected chi connectivity index (χ3v) is 2.84. The zero-order valence-electron chi connectivity index (χ0n) is 12.9. The Labute approximate surface area is 125 Å². The normalized spacial score (nSPS) is 15.6. The Bertz CT molecular complexity index is 500. The van der Waals surface area contributed by atoms with Crippen molar-refractivity contribution in [3.8, 4) is 0 Å². The van der Waals surface area contributed by atoms with Gasteiger partial charge in [0.15, 0.2) is 0 Å². The quantitative estimate of drug-likeness (QED) is 0.723. The third kappa shape index (κ3) is 6.81. The van der Waals surface area contributed by atoms with E-state index in [1.165, 1.54) is 19.4 Å². The van der Waals surface area contributed by atoms with E-state index in [9.17, 15) is 4.39 Å². The van der Waals surface area contributed by atoms with E-state index in [1.807, 2.05) is 43.3 Å². The van der Waals surface area contributed by atoms with E-state index < -0.39 is 5.83 Å². The van der Waals surface area contributed by atoms with Crippen LogP contribution in [0.2, 0.25) is 0 Å². The first-order valence-corrected chi connectivity index (χ1v) is 6.77. The van der Waals surface area contributed by atoms with Crippen LogP contribution in [0.5, 0.6) is 0 Å². The molecule has 0 radical (unpaired) electrons. The lowest BCUT2D eigenvalue weighted by Crippen LogP contribution is -2.09. The minimum absolute atomic E-state index is 0.124. The maximum atomic E-state index is 13.5. The van der Waals surface area contributed by atoms with Crippen molar-refractivity contribution < 1.29 is 9.13 Å². The molecule has 1 rings (SSSR count). The van der Waals surface area contributed by atoms with Crippen molar-refractivity contribution in [1.82, 2.24) is 4.98 Å². The Hall–Kier alpha value is -2.01. The molecule has 5 heteroatoms. The van der Waals surface area contributed by atoms with Crippen molar-refractivity contribution in [2.75, 3.05) is 19.1 Å². The number of nitrogens with zero attached hydrogens (tertiary/aromatic N) is 3. The number of halogens is 1. The SMILES string of the molecule is COC(C)/C=C(F)\C=N/C(C)/C=C/N(C)c1cccnc1. The molecule has 4 nitrogen and oxygen atoms in total. The summed E-state index contributed by atoms with van der Waals surface area (Å²) in [7, 11) is 3.45. The number of allylic oxidation sites excluding steroid dienone is 1. The van der Waals surface area contributed by atoms with Crippen LogP contribution in [0.3, 0.4) is 0 Å². The number of rotatable bonds is 7. The van der Waals surface area contributed by atoms with Crippen LogP contribution in [0.25, 0.3) is 0 Å². The highest BCUT2D eigenvalue weighted by Gasteiger charge is 1.99. The van der Waals surface area contributed by atoms with Crippen LogP contribution in [-0.2, 0) is 4.74 Å². The molecule has 0 bridgehead atoms. The fraction of sp³-hybridized carbons (Fsp3) is 0.375. The van der Waals surface area contributed by atoms with Crippen LogP contribution in [0.4, 0.5) is 10.1 Å². The van der Waals surface area contributed by atoms with E-state index >= 15 is 0 Å². The van der Waals surface area contributed by atoms with Gasteiger partial charge in [-0.15, -0.1) is 0 Å². The fourth-order valence-electron chi connectivity index (χ4n) is 1.48. The summed E-state index contributed by atoms with van der Waals surface area (Å²) in [6.07, 6.45) is 9.60. The molecule has 0 aliphatic rings. The van der Waals surface area contributed by atoms with E-state index in [4.69, 9.17) is 4.74 Å². The number of methoxy groups -OCH3 is 1. The molecule has 0 saturated carbocycles. The Morgan fingerprint density at radius 1 is 1.48 bits per heavy atom. The number of pyridine rings is 1. The van der Waals surface area contributed by atoms with Crippen LogP contribution in [0.15, 0.2) is 53.7 Å². The van der Waals surface area contributed by atoms with Gasteiger partial charge in [-0.25, -0.2) is 4.39 Å². The Kier molecular flexibility index (Phi) is 7.32. The summed E-state index contributed by atoms with van der Waals surface area (Å²) in [6, 6.07) is 3.71. The zero-order valence-corrected chi connectivity index (χ0v) is 12.9. The number of aliphatic imine (C=N–C) groups is 1.